The Morgan fingerprint density at radius 1 is 0.655 bits per heavy atom. The molecule has 1 atom stereocenters. The van der Waals surface area contributed by atoms with Crippen molar-refractivity contribution in [2.45, 2.75) is 129 Å². The molecule has 0 aromatic rings. The van der Waals surface area contributed by atoms with Crippen LogP contribution in [0.2, 0.25) is 0 Å². The fraction of sp³-hybridized carbons (Fsp3) is 0.917. The van der Waals surface area contributed by atoms with Gasteiger partial charge in [-0.15, -0.1) is 0 Å². The van der Waals surface area contributed by atoms with Crippen LogP contribution < -0.4 is 11.5 Å². The van der Waals surface area contributed by atoms with Crippen molar-refractivity contribution in [3.63, 3.8) is 0 Å². The zero-order chi connectivity index (χ0) is 21.7. The van der Waals surface area contributed by atoms with Crippen molar-refractivity contribution in [1.82, 2.24) is 4.90 Å². The summed E-state index contributed by atoms with van der Waals surface area (Å²) in [7, 11) is 0. The van der Waals surface area contributed by atoms with Crippen LogP contribution in [0.25, 0.3) is 0 Å². The van der Waals surface area contributed by atoms with E-state index in [2.05, 4.69) is 13.8 Å². The van der Waals surface area contributed by atoms with E-state index in [4.69, 9.17) is 11.5 Å². The third-order valence-electron chi connectivity index (χ3n) is 5.68. The summed E-state index contributed by atoms with van der Waals surface area (Å²) in [6, 6.07) is -0.873. The van der Waals surface area contributed by atoms with Crippen LogP contribution in [0.15, 0.2) is 0 Å². The number of hydrogen-bond donors (Lipinski definition) is 2. The second kappa shape index (κ2) is 20.2. The average Bonchev–Trinajstić information content (AvgIpc) is 2.70. The first-order chi connectivity index (χ1) is 14.0. The molecule has 0 spiro atoms. The number of unbranched alkanes of at least 4 members (excludes halogenated alkanes) is 14. The van der Waals surface area contributed by atoms with Gasteiger partial charge in [-0.2, -0.15) is 0 Å². The van der Waals surface area contributed by atoms with E-state index in [9.17, 15) is 9.59 Å². The maximum Gasteiger partial charge on any atom is 0.234 e. The Balaban J connectivity index is 4.12. The molecule has 0 aliphatic rings. The van der Waals surface area contributed by atoms with Gasteiger partial charge in [0.25, 0.3) is 0 Å². The fourth-order valence-corrected chi connectivity index (χ4v) is 3.65. The Bertz CT molecular complexity index is 382. The first-order valence-electron chi connectivity index (χ1n) is 12.4. The molecule has 5 nitrogen and oxygen atoms in total. The lowest BCUT2D eigenvalue weighted by atomic mass is 10.1. The fourth-order valence-electron chi connectivity index (χ4n) is 3.65. The van der Waals surface area contributed by atoms with Crippen LogP contribution in [-0.4, -0.2) is 35.8 Å². The van der Waals surface area contributed by atoms with E-state index in [1.165, 1.54) is 77.0 Å². The summed E-state index contributed by atoms with van der Waals surface area (Å²) in [5.74, 6) is -0.625. The number of nitrogens with two attached hydrogens (primary N) is 2. The minimum atomic E-state index is -0.873. The number of nitrogens with zero attached hydrogens (tertiary/aromatic N) is 1. The van der Waals surface area contributed by atoms with Crippen molar-refractivity contribution in [3.05, 3.63) is 0 Å². The average molecular weight is 412 g/mol. The number of rotatable bonds is 21. The third kappa shape index (κ3) is 17.5. The molecule has 0 radical (unpaired) electrons. The van der Waals surface area contributed by atoms with E-state index in [1.807, 2.05) is 4.90 Å². The van der Waals surface area contributed by atoms with Crippen molar-refractivity contribution in [1.29, 1.82) is 0 Å². The number of primary amides is 1. The zero-order valence-electron chi connectivity index (χ0n) is 19.4. The van der Waals surface area contributed by atoms with Gasteiger partial charge in [-0.05, 0) is 12.8 Å². The smallest absolute Gasteiger partial charge is 0.234 e. The summed E-state index contributed by atoms with van der Waals surface area (Å²) in [5.41, 5.74) is 10.9. The predicted octanol–water partition coefficient (Wildman–Crippen LogP) is 5.30. The highest BCUT2D eigenvalue weighted by molar-refractivity contribution is 5.87. The standard InChI is InChI=1S/C24H49N3O2/c1-3-5-7-9-11-13-15-17-19-27(23(28)21-22(25)24(26)29)20-18-16-14-12-10-8-6-4-2/h22H,3-21,25H2,1-2H3,(H2,26,29)/t22-/m0/s1. The highest BCUT2D eigenvalue weighted by Gasteiger charge is 2.19. The predicted molar refractivity (Wildman–Crippen MR) is 124 cm³/mol. The normalized spacial score (nSPS) is 12.1. The maximum absolute atomic E-state index is 12.6. The van der Waals surface area contributed by atoms with Gasteiger partial charge < -0.3 is 16.4 Å². The molecule has 0 fully saturated rings. The summed E-state index contributed by atoms with van der Waals surface area (Å²) >= 11 is 0. The van der Waals surface area contributed by atoms with Crippen LogP contribution in [0.1, 0.15) is 123 Å². The first-order valence-corrected chi connectivity index (χ1v) is 12.4. The van der Waals surface area contributed by atoms with Crippen LogP contribution in [0.4, 0.5) is 0 Å². The van der Waals surface area contributed by atoms with Crippen molar-refractivity contribution >= 4 is 11.8 Å². The maximum atomic E-state index is 12.6. The summed E-state index contributed by atoms with van der Waals surface area (Å²) in [5, 5.41) is 0. The Kier molecular flexibility index (Phi) is 19.4. The molecule has 29 heavy (non-hydrogen) atoms. The number of hydrogen-bond acceptors (Lipinski definition) is 3. The summed E-state index contributed by atoms with van der Waals surface area (Å²) < 4.78 is 0. The minimum Gasteiger partial charge on any atom is -0.368 e. The molecule has 0 aromatic heterocycles. The van der Waals surface area contributed by atoms with Crippen molar-refractivity contribution in [2.24, 2.45) is 11.5 Å². The molecule has 0 aromatic carbocycles. The molecule has 4 N–H and O–H groups in total. The molecule has 172 valence electrons. The van der Waals surface area contributed by atoms with Crippen LogP contribution in [-0.2, 0) is 9.59 Å². The zero-order valence-corrected chi connectivity index (χ0v) is 19.4. The highest BCUT2D eigenvalue weighted by Crippen LogP contribution is 2.12. The quantitative estimate of drug-likeness (QED) is 0.251. The van der Waals surface area contributed by atoms with Crippen LogP contribution in [0.5, 0.6) is 0 Å². The number of amides is 2. The molecule has 0 aliphatic carbocycles. The van der Waals surface area contributed by atoms with Crippen LogP contribution in [0.3, 0.4) is 0 Å². The minimum absolute atomic E-state index is 0.0257. The molecule has 0 rings (SSSR count). The van der Waals surface area contributed by atoms with Gasteiger partial charge in [-0.1, -0.05) is 104 Å². The van der Waals surface area contributed by atoms with E-state index in [-0.39, 0.29) is 12.3 Å². The van der Waals surface area contributed by atoms with E-state index in [0.29, 0.717) is 0 Å². The molecule has 0 unspecified atom stereocenters. The second-order valence-corrected chi connectivity index (χ2v) is 8.54. The number of carbonyl (C=O) groups is 2. The van der Waals surface area contributed by atoms with Crippen molar-refractivity contribution in [2.75, 3.05) is 13.1 Å². The Labute approximate surface area is 180 Å². The van der Waals surface area contributed by atoms with E-state index in [1.54, 1.807) is 0 Å². The molecule has 0 bridgehead atoms. The Morgan fingerprint density at radius 3 is 1.34 bits per heavy atom. The van der Waals surface area contributed by atoms with Gasteiger partial charge in [0.05, 0.1) is 12.5 Å². The summed E-state index contributed by atoms with van der Waals surface area (Å²) in [6.45, 7) is 6.02. The Hall–Kier alpha value is -1.10. The lowest BCUT2D eigenvalue weighted by Crippen LogP contribution is -2.43. The summed E-state index contributed by atoms with van der Waals surface area (Å²) in [6.07, 6.45) is 20.0. The van der Waals surface area contributed by atoms with Gasteiger partial charge >= 0.3 is 0 Å². The monoisotopic (exact) mass is 411 g/mol. The van der Waals surface area contributed by atoms with Crippen LogP contribution in [0, 0.1) is 0 Å². The lowest BCUT2D eigenvalue weighted by molar-refractivity contribution is -0.134. The van der Waals surface area contributed by atoms with Gasteiger partial charge in [0.1, 0.15) is 0 Å². The molecule has 0 saturated carbocycles. The highest BCUT2D eigenvalue weighted by atomic mass is 16.2. The molecule has 5 heteroatoms. The largest absolute Gasteiger partial charge is 0.368 e. The molecule has 0 heterocycles. The Morgan fingerprint density at radius 2 is 1.00 bits per heavy atom. The first kappa shape index (κ1) is 27.9. The van der Waals surface area contributed by atoms with Gasteiger partial charge in [-0.25, -0.2) is 0 Å². The third-order valence-corrected chi connectivity index (χ3v) is 5.68. The van der Waals surface area contributed by atoms with Gasteiger partial charge in [0, 0.05) is 13.1 Å². The van der Waals surface area contributed by atoms with Crippen LogP contribution >= 0.6 is 0 Å². The molecule has 2 amide bonds. The lowest BCUT2D eigenvalue weighted by Gasteiger charge is -2.24. The van der Waals surface area contributed by atoms with Gasteiger partial charge in [0.15, 0.2) is 0 Å². The van der Waals surface area contributed by atoms with E-state index < -0.39 is 11.9 Å². The van der Waals surface area contributed by atoms with Gasteiger partial charge in [-0.3, -0.25) is 9.59 Å². The SMILES string of the molecule is CCCCCCCCCCN(CCCCCCCCCC)C(=O)C[C@H](N)C(N)=O. The number of carbonyl (C=O) groups excluding carboxylic acids is 2. The second-order valence-electron chi connectivity index (χ2n) is 8.54. The van der Waals surface area contributed by atoms with Crippen molar-refractivity contribution < 1.29 is 9.59 Å². The molecular formula is C24H49N3O2. The van der Waals surface area contributed by atoms with E-state index >= 15 is 0 Å². The molecule has 0 aliphatic heterocycles. The van der Waals surface area contributed by atoms with Crippen molar-refractivity contribution in [3.8, 4) is 0 Å². The molecule has 0 saturated heterocycles. The summed E-state index contributed by atoms with van der Waals surface area (Å²) in [4.78, 5) is 25.7. The molecular weight excluding hydrogens is 362 g/mol. The van der Waals surface area contributed by atoms with E-state index in [0.717, 1.165) is 38.8 Å². The topological polar surface area (TPSA) is 89.4 Å². The van der Waals surface area contributed by atoms with Gasteiger partial charge in [0.2, 0.25) is 11.8 Å².